The van der Waals surface area contributed by atoms with Crippen LogP contribution in [0.4, 0.5) is 0 Å². The Morgan fingerprint density at radius 1 is 0.472 bits per heavy atom. The molecular formula is C26H28N2O6P2+2. The number of rotatable bonds is 9. The number of hydrogen-bond acceptors (Lipinski definition) is 2. The fourth-order valence-electron chi connectivity index (χ4n) is 3.91. The normalized spacial score (nSPS) is 12.0. The van der Waals surface area contributed by atoms with E-state index >= 15 is 0 Å². The van der Waals surface area contributed by atoms with Gasteiger partial charge in [0.05, 0.1) is 12.3 Å². The van der Waals surface area contributed by atoms with Gasteiger partial charge in [0.25, 0.3) is 0 Å². The Hall–Kier alpha value is -2.96. The van der Waals surface area contributed by atoms with Crippen LogP contribution in [-0.4, -0.2) is 19.6 Å². The molecule has 0 spiro atoms. The quantitative estimate of drug-likeness (QED) is 0.196. The Bertz CT molecular complexity index is 1280. The topological polar surface area (TPSA) is 123 Å². The Balaban J connectivity index is 1.35. The first-order valence-corrected chi connectivity index (χ1v) is 14.9. The minimum Gasteiger partial charge on any atom is -0.324 e. The monoisotopic (exact) mass is 526 g/mol. The predicted octanol–water partition coefficient (Wildman–Crippen LogP) is 3.38. The summed E-state index contributed by atoms with van der Waals surface area (Å²) in [6.07, 6.45) is 7.49. The molecule has 4 aromatic rings. The molecule has 0 radical (unpaired) electrons. The van der Waals surface area contributed by atoms with Crippen LogP contribution in [0.2, 0.25) is 0 Å². The molecule has 8 nitrogen and oxygen atoms in total. The van der Waals surface area contributed by atoms with Crippen molar-refractivity contribution in [1.29, 1.82) is 0 Å². The molecule has 0 saturated carbocycles. The molecule has 10 heteroatoms. The second-order valence-corrected chi connectivity index (χ2v) is 12.1. The molecule has 4 rings (SSSR count). The van der Waals surface area contributed by atoms with Gasteiger partial charge in [-0.05, 0) is 22.3 Å². The molecule has 0 aliphatic rings. The fourth-order valence-corrected chi connectivity index (χ4v) is 5.28. The van der Waals surface area contributed by atoms with E-state index in [9.17, 15) is 9.13 Å². The number of pyridine rings is 2. The largest absolute Gasteiger partial charge is 0.329 e. The average molecular weight is 526 g/mol. The van der Waals surface area contributed by atoms with Gasteiger partial charge in [-0.3, -0.25) is 9.13 Å². The summed E-state index contributed by atoms with van der Waals surface area (Å²) in [5, 5.41) is 0. The lowest BCUT2D eigenvalue weighted by molar-refractivity contribution is -0.688. The lowest BCUT2D eigenvalue weighted by Crippen LogP contribution is -2.33. The first-order valence-electron chi connectivity index (χ1n) is 11.3. The molecule has 2 aromatic heterocycles. The van der Waals surface area contributed by atoms with Crippen molar-refractivity contribution in [2.45, 2.75) is 25.4 Å². The first-order chi connectivity index (χ1) is 17.0. The van der Waals surface area contributed by atoms with Crippen LogP contribution in [0.15, 0.2) is 97.6 Å². The highest BCUT2D eigenvalue weighted by atomic mass is 31.2. The lowest BCUT2D eigenvalue weighted by atomic mass is 10.1. The molecule has 186 valence electrons. The number of aromatic nitrogens is 2. The van der Waals surface area contributed by atoms with Crippen LogP contribution >= 0.6 is 15.2 Å². The van der Waals surface area contributed by atoms with Gasteiger partial charge >= 0.3 is 15.2 Å². The van der Waals surface area contributed by atoms with Gasteiger partial charge in [-0.2, -0.15) is 0 Å². The zero-order chi connectivity index (χ0) is 25.8. The van der Waals surface area contributed by atoms with Gasteiger partial charge in [0, 0.05) is 35.4 Å². The highest BCUT2D eigenvalue weighted by molar-refractivity contribution is 7.51. The van der Waals surface area contributed by atoms with Crippen molar-refractivity contribution in [2.75, 3.05) is 0 Å². The van der Waals surface area contributed by atoms with Crippen molar-refractivity contribution in [3.8, 4) is 11.1 Å². The third-order valence-corrected chi connectivity index (χ3v) is 7.22. The van der Waals surface area contributed by atoms with Crippen LogP contribution in [-0.2, 0) is 34.5 Å². The van der Waals surface area contributed by atoms with Crippen molar-refractivity contribution in [2.24, 2.45) is 0 Å². The van der Waals surface area contributed by atoms with Gasteiger partial charge in [-0.15, -0.1) is 0 Å². The third-order valence-electron chi connectivity index (χ3n) is 5.67. The fraction of sp³-hybridized carbons (Fsp3) is 0.154. The number of benzene rings is 2. The summed E-state index contributed by atoms with van der Waals surface area (Å²) in [7, 11) is -8.13. The molecule has 36 heavy (non-hydrogen) atoms. The Morgan fingerprint density at radius 2 is 0.750 bits per heavy atom. The summed E-state index contributed by atoms with van der Waals surface area (Å²) in [4.78, 5) is 36.4. The van der Waals surface area contributed by atoms with Crippen molar-refractivity contribution in [3.63, 3.8) is 0 Å². The van der Waals surface area contributed by atoms with Gasteiger partial charge in [-0.1, -0.05) is 48.5 Å². The van der Waals surface area contributed by atoms with Crippen LogP contribution in [0.3, 0.4) is 0 Å². The van der Waals surface area contributed by atoms with E-state index in [4.69, 9.17) is 19.6 Å². The summed E-state index contributed by atoms with van der Waals surface area (Å²) in [5.74, 6) is 0. The summed E-state index contributed by atoms with van der Waals surface area (Å²) in [6.45, 7) is 1.30. The van der Waals surface area contributed by atoms with Crippen molar-refractivity contribution in [3.05, 3.63) is 120 Å². The highest BCUT2D eigenvalue weighted by Crippen LogP contribution is 2.39. The van der Waals surface area contributed by atoms with Gasteiger partial charge in [0.2, 0.25) is 0 Å². The van der Waals surface area contributed by atoms with Crippen molar-refractivity contribution < 1.29 is 37.8 Å². The van der Waals surface area contributed by atoms with Crippen LogP contribution in [0.5, 0.6) is 0 Å². The van der Waals surface area contributed by atoms with Crippen LogP contribution in [0, 0.1) is 0 Å². The van der Waals surface area contributed by atoms with E-state index in [2.05, 4.69) is 0 Å². The van der Waals surface area contributed by atoms with Gasteiger partial charge < -0.3 is 19.6 Å². The van der Waals surface area contributed by atoms with Gasteiger partial charge in [-0.25, -0.2) is 9.13 Å². The minimum absolute atomic E-state index is 0.252. The van der Waals surface area contributed by atoms with Crippen molar-refractivity contribution in [1.82, 2.24) is 0 Å². The molecule has 0 aliphatic carbocycles. The Kier molecular flexibility index (Phi) is 7.96. The second kappa shape index (κ2) is 11.0. The molecular weight excluding hydrogens is 498 g/mol. The summed E-state index contributed by atoms with van der Waals surface area (Å²) in [5.41, 5.74) is 5.47. The molecule has 2 aromatic carbocycles. The lowest BCUT2D eigenvalue weighted by Gasteiger charge is -2.05. The maximum atomic E-state index is 11.1. The molecule has 0 aliphatic heterocycles. The summed E-state index contributed by atoms with van der Waals surface area (Å²) in [6, 6.07) is 22.7. The molecule has 0 atom stereocenters. The summed E-state index contributed by atoms with van der Waals surface area (Å²) >= 11 is 0. The molecule has 0 unspecified atom stereocenters. The molecule has 2 heterocycles. The van der Waals surface area contributed by atoms with Crippen LogP contribution < -0.4 is 9.13 Å². The van der Waals surface area contributed by atoms with Crippen molar-refractivity contribution >= 4 is 15.2 Å². The number of hydrogen-bond donors (Lipinski definition) is 4. The Morgan fingerprint density at radius 3 is 1.03 bits per heavy atom. The molecule has 0 fully saturated rings. The van der Waals surface area contributed by atoms with E-state index in [1.807, 2.05) is 82.5 Å². The minimum atomic E-state index is -4.06. The Labute approximate surface area is 209 Å². The smallest absolute Gasteiger partial charge is 0.324 e. The van der Waals surface area contributed by atoms with Gasteiger partial charge in [0.15, 0.2) is 37.9 Å². The van der Waals surface area contributed by atoms with Crippen LogP contribution in [0.25, 0.3) is 11.1 Å². The molecule has 0 saturated heterocycles. The highest BCUT2D eigenvalue weighted by Gasteiger charge is 2.15. The molecule has 0 bridgehead atoms. The van der Waals surface area contributed by atoms with E-state index in [0.29, 0.717) is 24.2 Å². The first kappa shape index (κ1) is 26.1. The summed E-state index contributed by atoms with van der Waals surface area (Å²) < 4.78 is 26.4. The maximum Gasteiger partial charge on any atom is 0.329 e. The van der Waals surface area contributed by atoms with E-state index in [0.717, 1.165) is 22.3 Å². The van der Waals surface area contributed by atoms with Gasteiger partial charge in [0.1, 0.15) is 0 Å². The van der Waals surface area contributed by atoms with E-state index < -0.39 is 15.2 Å². The number of nitrogens with zero attached hydrogens (tertiary/aromatic N) is 2. The van der Waals surface area contributed by atoms with E-state index in [1.54, 1.807) is 24.3 Å². The zero-order valence-electron chi connectivity index (χ0n) is 19.5. The van der Waals surface area contributed by atoms with E-state index in [-0.39, 0.29) is 12.3 Å². The predicted molar refractivity (Wildman–Crippen MR) is 135 cm³/mol. The molecule has 0 amide bonds. The maximum absolute atomic E-state index is 11.1. The second-order valence-electron chi connectivity index (χ2n) is 8.80. The third kappa shape index (κ3) is 8.04. The average Bonchev–Trinajstić information content (AvgIpc) is 2.81. The van der Waals surface area contributed by atoms with Crippen LogP contribution in [0.1, 0.15) is 22.3 Å². The standard InChI is InChI=1S/C26H26N2O6P2/c29-35(30,31)19-23-5-1-21(2-6-23)17-27-13-9-25(10-14-27)26-11-15-28(16-12-26)18-22-3-7-24(8-4-22)20-36(32,33)34/h1-16H,17-20H2,(H2-2,29,30,31,32,33,34)/p+2. The zero-order valence-corrected chi connectivity index (χ0v) is 21.2. The van der Waals surface area contributed by atoms with E-state index in [1.165, 1.54) is 0 Å². The SMILES string of the molecule is O=P(O)(O)Cc1ccc(C[n+]2ccc(-c3cc[n+](Cc4ccc(CP(=O)(O)O)cc4)cc3)cc2)cc1. The molecule has 4 N–H and O–H groups in total.